The van der Waals surface area contributed by atoms with Gasteiger partial charge in [-0.1, -0.05) is 24.3 Å². The topological polar surface area (TPSA) is 77.5 Å². The molecule has 0 aliphatic carbocycles. The highest BCUT2D eigenvalue weighted by molar-refractivity contribution is 5.89. The van der Waals surface area contributed by atoms with Crippen LogP contribution in [0.15, 0.2) is 36.5 Å². The molecular formula is C16H20N2O3. The lowest BCUT2D eigenvalue weighted by atomic mass is 10.1. The van der Waals surface area contributed by atoms with Crippen LogP contribution in [-0.4, -0.2) is 15.6 Å². The molecule has 21 heavy (non-hydrogen) atoms. The number of aliphatic hydroxyl groups excluding tert-OH is 1. The monoisotopic (exact) mass is 288 g/mol. The number of esters is 1. The third-order valence-corrected chi connectivity index (χ3v) is 3.21. The molecule has 0 unspecified atom stereocenters. The summed E-state index contributed by atoms with van der Waals surface area (Å²) in [5.41, 5.74) is 8.44. The van der Waals surface area contributed by atoms with Gasteiger partial charge in [-0.2, -0.15) is 0 Å². The summed E-state index contributed by atoms with van der Waals surface area (Å²) in [6, 6.07) is 9.02. The van der Waals surface area contributed by atoms with E-state index >= 15 is 0 Å². The van der Waals surface area contributed by atoms with Crippen LogP contribution in [0.3, 0.4) is 0 Å². The maximum atomic E-state index is 12.1. The number of hydrogen-bond donors (Lipinski definition) is 2. The van der Waals surface area contributed by atoms with E-state index in [0.29, 0.717) is 11.4 Å². The van der Waals surface area contributed by atoms with E-state index < -0.39 is 5.97 Å². The standard InChI is InChI=1S/C16H20N2O3/c1-11(2)18-8-14(17)7-15(18)16(20)21-10-13-5-3-12(9-19)4-6-13/h3-8,11,19H,9-10,17H2,1-2H3. The van der Waals surface area contributed by atoms with Crippen molar-refractivity contribution in [2.45, 2.75) is 33.1 Å². The number of rotatable bonds is 5. The summed E-state index contributed by atoms with van der Waals surface area (Å²) in [5, 5.41) is 8.98. The minimum Gasteiger partial charge on any atom is -0.456 e. The number of aromatic nitrogens is 1. The van der Waals surface area contributed by atoms with Gasteiger partial charge in [0.2, 0.25) is 0 Å². The van der Waals surface area contributed by atoms with Crippen molar-refractivity contribution in [1.29, 1.82) is 0 Å². The van der Waals surface area contributed by atoms with Gasteiger partial charge in [-0.3, -0.25) is 0 Å². The molecule has 5 nitrogen and oxygen atoms in total. The Morgan fingerprint density at radius 1 is 1.29 bits per heavy atom. The molecule has 0 amide bonds. The van der Waals surface area contributed by atoms with E-state index in [1.807, 2.05) is 26.0 Å². The number of ether oxygens (including phenoxy) is 1. The van der Waals surface area contributed by atoms with Crippen LogP contribution in [0.25, 0.3) is 0 Å². The van der Waals surface area contributed by atoms with E-state index in [1.54, 1.807) is 29.0 Å². The molecule has 0 bridgehead atoms. The highest BCUT2D eigenvalue weighted by Gasteiger charge is 2.16. The number of anilines is 1. The Balaban J connectivity index is 2.04. The van der Waals surface area contributed by atoms with Crippen LogP contribution < -0.4 is 5.73 Å². The van der Waals surface area contributed by atoms with Crippen LogP contribution in [0.4, 0.5) is 5.69 Å². The average molecular weight is 288 g/mol. The Morgan fingerprint density at radius 2 is 1.90 bits per heavy atom. The van der Waals surface area contributed by atoms with Crippen LogP contribution in [0, 0.1) is 0 Å². The second-order valence-electron chi connectivity index (χ2n) is 5.21. The predicted octanol–water partition coefficient (Wildman–Crippen LogP) is 2.50. The zero-order valence-corrected chi connectivity index (χ0v) is 12.2. The molecule has 1 aromatic heterocycles. The van der Waals surface area contributed by atoms with Gasteiger partial charge in [0.05, 0.1) is 12.3 Å². The van der Waals surface area contributed by atoms with Crippen LogP contribution in [0.2, 0.25) is 0 Å². The number of carbonyl (C=O) groups is 1. The first-order valence-corrected chi connectivity index (χ1v) is 6.84. The number of aliphatic hydroxyl groups is 1. The van der Waals surface area contributed by atoms with Crippen molar-refractivity contribution in [3.8, 4) is 0 Å². The molecule has 0 atom stereocenters. The number of nitrogen functional groups attached to an aromatic ring is 1. The van der Waals surface area contributed by atoms with Crippen LogP contribution in [0.1, 0.15) is 41.5 Å². The molecule has 112 valence electrons. The predicted molar refractivity (Wildman–Crippen MR) is 80.7 cm³/mol. The van der Waals surface area contributed by atoms with Gasteiger partial charge in [0.15, 0.2) is 0 Å². The lowest BCUT2D eigenvalue weighted by molar-refractivity contribution is 0.0458. The Morgan fingerprint density at radius 3 is 2.48 bits per heavy atom. The van der Waals surface area contributed by atoms with Crippen molar-refractivity contribution in [2.75, 3.05) is 5.73 Å². The van der Waals surface area contributed by atoms with E-state index in [0.717, 1.165) is 11.1 Å². The first-order valence-electron chi connectivity index (χ1n) is 6.84. The van der Waals surface area contributed by atoms with E-state index in [1.165, 1.54) is 0 Å². The van der Waals surface area contributed by atoms with Gasteiger partial charge >= 0.3 is 5.97 Å². The summed E-state index contributed by atoms with van der Waals surface area (Å²) in [7, 11) is 0. The summed E-state index contributed by atoms with van der Waals surface area (Å²) in [6.07, 6.45) is 1.73. The van der Waals surface area contributed by atoms with Gasteiger partial charge in [-0.25, -0.2) is 4.79 Å². The molecule has 1 heterocycles. The third kappa shape index (κ3) is 3.64. The normalized spacial score (nSPS) is 10.9. The first-order chi connectivity index (χ1) is 10.0. The number of hydrogen-bond acceptors (Lipinski definition) is 4. The third-order valence-electron chi connectivity index (χ3n) is 3.21. The summed E-state index contributed by atoms with van der Waals surface area (Å²) in [5.74, 6) is -0.397. The minimum atomic E-state index is -0.397. The fourth-order valence-electron chi connectivity index (χ4n) is 2.06. The second kappa shape index (κ2) is 6.45. The summed E-state index contributed by atoms with van der Waals surface area (Å²) < 4.78 is 7.11. The molecule has 2 aromatic rings. The largest absolute Gasteiger partial charge is 0.456 e. The minimum absolute atomic E-state index is 0.00124. The molecule has 2 rings (SSSR count). The summed E-state index contributed by atoms with van der Waals surface area (Å²) in [6.45, 7) is 4.14. The smallest absolute Gasteiger partial charge is 0.355 e. The van der Waals surface area contributed by atoms with Crippen LogP contribution >= 0.6 is 0 Å². The van der Waals surface area contributed by atoms with E-state index in [-0.39, 0.29) is 19.3 Å². The van der Waals surface area contributed by atoms with Crippen molar-refractivity contribution in [3.63, 3.8) is 0 Å². The van der Waals surface area contributed by atoms with E-state index in [2.05, 4.69) is 0 Å². The quantitative estimate of drug-likeness (QED) is 0.829. The number of nitrogens with two attached hydrogens (primary N) is 1. The summed E-state index contributed by atoms with van der Waals surface area (Å²) >= 11 is 0. The maximum Gasteiger partial charge on any atom is 0.355 e. The lowest BCUT2D eigenvalue weighted by Gasteiger charge is -2.12. The number of nitrogens with zero attached hydrogens (tertiary/aromatic N) is 1. The molecule has 0 radical (unpaired) electrons. The molecule has 0 aliphatic rings. The van der Waals surface area contributed by atoms with Crippen LogP contribution in [0.5, 0.6) is 0 Å². The van der Waals surface area contributed by atoms with Gasteiger partial charge in [-0.05, 0) is 31.0 Å². The van der Waals surface area contributed by atoms with Gasteiger partial charge in [0.25, 0.3) is 0 Å². The Bertz CT molecular complexity index is 615. The van der Waals surface area contributed by atoms with Gasteiger partial charge in [0, 0.05) is 12.2 Å². The molecule has 5 heteroatoms. The average Bonchev–Trinajstić information content (AvgIpc) is 2.87. The van der Waals surface area contributed by atoms with Crippen molar-refractivity contribution in [3.05, 3.63) is 53.3 Å². The SMILES string of the molecule is CC(C)n1cc(N)cc1C(=O)OCc1ccc(CO)cc1. The number of carbonyl (C=O) groups excluding carboxylic acids is 1. The fraction of sp³-hybridized carbons (Fsp3) is 0.312. The Labute approximate surface area is 124 Å². The molecule has 0 saturated carbocycles. The van der Waals surface area contributed by atoms with Gasteiger partial charge < -0.3 is 20.1 Å². The molecule has 3 N–H and O–H groups in total. The zero-order valence-electron chi connectivity index (χ0n) is 12.2. The van der Waals surface area contributed by atoms with Crippen molar-refractivity contribution >= 4 is 11.7 Å². The van der Waals surface area contributed by atoms with Crippen molar-refractivity contribution in [2.24, 2.45) is 0 Å². The second-order valence-corrected chi connectivity index (χ2v) is 5.21. The molecule has 0 fully saturated rings. The lowest BCUT2D eigenvalue weighted by Crippen LogP contribution is -2.13. The summed E-state index contributed by atoms with van der Waals surface area (Å²) in [4.78, 5) is 12.1. The maximum absolute atomic E-state index is 12.1. The van der Waals surface area contributed by atoms with Gasteiger partial charge in [-0.15, -0.1) is 0 Å². The molecule has 0 saturated heterocycles. The first kappa shape index (κ1) is 15.1. The van der Waals surface area contributed by atoms with Crippen LogP contribution in [-0.2, 0) is 18.0 Å². The van der Waals surface area contributed by atoms with Crippen molar-refractivity contribution in [1.82, 2.24) is 4.57 Å². The zero-order chi connectivity index (χ0) is 15.4. The van der Waals surface area contributed by atoms with E-state index in [4.69, 9.17) is 15.6 Å². The highest BCUT2D eigenvalue weighted by atomic mass is 16.5. The molecular weight excluding hydrogens is 268 g/mol. The number of benzene rings is 1. The Hall–Kier alpha value is -2.27. The van der Waals surface area contributed by atoms with Gasteiger partial charge in [0.1, 0.15) is 12.3 Å². The fourth-order valence-corrected chi connectivity index (χ4v) is 2.06. The Kier molecular flexibility index (Phi) is 4.65. The molecule has 0 spiro atoms. The van der Waals surface area contributed by atoms with Crippen molar-refractivity contribution < 1.29 is 14.6 Å². The highest BCUT2D eigenvalue weighted by Crippen LogP contribution is 2.18. The van der Waals surface area contributed by atoms with E-state index in [9.17, 15) is 4.79 Å². The molecule has 1 aromatic carbocycles. The molecule has 0 aliphatic heterocycles.